The number of ketones is 1. The highest BCUT2D eigenvalue weighted by Gasteiger charge is 2.13. The molecule has 0 saturated carbocycles. The lowest BCUT2D eigenvalue weighted by molar-refractivity contribution is 0.0968. The second kappa shape index (κ2) is 5.10. The largest absolute Gasteiger partial charge is 0.453 e. The molecule has 3 rings (SSSR count). The molecular formula is C16H10ClFO2. The van der Waals surface area contributed by atoms with Crippen molar-refractivity contribution in [3.63, 3.8) is 0 Å². The molecule has 0 bridgehead atoms. The van der Waals surface area contributed by atoms with Gasteiger partial charge in [0.05, 0.1) is 0 Å². The Morgan fingerprint density at radius 1 is 1.10 bits per heavy atom. The number of furan rings is 1. The molecule has 0 aliphatic rings. The van der Waals surface area contributed by atoms with Crippen LogP contribution in [-0.2, 0) is 6.42 Å². The van der Waals surface area contributed by atoms with Gasteiger partial charge >= 0.3 is 0 Å². The maximum atomic E-state index is 12.8. The fourth-order valence-corrected chi connectivity index (χ4v) is 2.21. The van der Waals surface area contributed by atoms with E-state index in [0.717, 1.165) is 10.9 Å². The minimum Gasteiger partial charge on any atom is -0.453 e. The van der Waals surface area contributed by atoms with Crippen LogP contribution in [0.4, 0.5) is 4.39 Å². The van der Waals surface area contributed by atoms with Gasteiger partial charge in [0.2, 0.25) is 5.78 Å². The van der Waals surface area contributed by atoms with E-state index in [1.54, 1.807) is 36.4 Å². The smallest absolute Gasteiger partial charge is 0.202 e. The molecule has 3 aromatic rings. The number of Topliss-reactive ketones (excluding diaryl/α,β-unsaturated/α-hetero) is 1. The summed E-state index contributed by atoms with van der Waals surface area (Å²) >= 11 is 5.89. The molecule has 1 heterocycles. The van der Waals surface area contributed by atoms with Crippen LogP contribution in [-0.4, -0.2) is 5.78 Å². The molecule has 0 radical (unpaired) electrons. The lowest BCUT2D eigenvalue weighted by Crippen LogP contribution is -2.01. The number of carbonyl (C=O) groups excluding carboxylic acids is 1. The van der Waals surface area contributed by atoms with Crippen molar-refractivity contribution in [1.29, 1.82) is 0 Å². The average Bonchev–Trinajstić information content (AvgIpc) is 2.84. The summed E-state index contributed by atoms with van der Waals surface area (Å²) < 4.78 is 18.3. The van der Waals surface area contributed by atoms with E-state index < -0.39 is 0 Å². The molecule has 0 aliphatic carbocycles. The molecule has 0 atom stereocenters. The zero-order chi connectivity index (χ0) is 14.1. The first-order valence-corrected chi connectivity index (χ1v) is 6.46. The Morgan fingerprint density at radius 2 is 1.85 bits per heavy atom. The highest BCUT2D eigenvalue weighted by atomic mass is 35.5. The van der Waals surface area contributed by atoms with E-state index in [-0.39, 0.29) is 23.8 Å². The number of hydrogen-bond donors (Lipinski definition) is 0. The zero-order valence-corrected chi connectivity index (χ0v) is 11.2. The van der Waals surface area contributed by atoms with Gasteiger partial charge in [-0.05, 0) is 42.0 Å². The third kappa shape index (κ3) is 2.58. The van der Waals surface area contributed by atoms with Gasteiger partial charge in [-0.1, -0.05) is 23.7 Å². The Morgan fingerprint density at radius 3 is 2.60 bits per heavy atom. The highest BCUT2D eigenvalue weighted by Crippen LogP contribution is 2.24. The number of hydrogen-bond acceptors (Lipinski definition) is 2. The molecule has 4 heteroatoms. The van der Waals surface area contributed by atoms with Gasteiger partial charge in [-0.2, -0.15) is 0 Å². The Balaban J connectivity index is 1.86. The quantitative estimate of drug-likeness (QED) is 0.657. The highest BCUT2D eigenvalue weighted by molar-refractivity contribution is 6.31. The Kier molecular flexibility index (Phi) is 3.28. The van der Waals surface area contributed by atoms with Crippen molar-refractivity contribution in [3.8, 4) is 0 Å². The van der Waals surface area contributed by atoms with E-state index in [0.29, 0.717) is 10.6 Å². The summed E-state index contributed by atoms with van der Waals surface area (Å²) in [6.45, 7) is 0. The van der Waals surface area contributed by atoms with Crippen LogP contribution in [0.3, 0.4) is 0 Å². The minimum atomic E-state index is -0.320. The van der Waals surface area contributed by atoms with Gasteiger partial charge in [0, 0.05) is 16.8 Å². The molecule has 1 aromatic heterocycles. The Labute approximate surface area is 119 Å². The normalized spacial score (nSPS) is 10.9. The molecule has 0 spiro atoms. The number of rotatable bonds is 3. The number of benzene rings is 2. The first-order valence-electron chi connectivity index (χ1n) is 6.08. The van der Waals surface area contributed by atoms with Crippen LogP contribution in [0.25, 0.3) is 11.0 Å². The monoisotopic (exact) mass is 288 g/mol. The van der Waals surface area contributed by atoms with Crippen LogP contribution in [0.1, 0.15) is 16.1 Å². The van der Waals surface area contributed by atoms with Gasteiger partial charge < -0.3 is 4.42 Å². The molecule has 0 N–H and O–H groups in total. The van der Waals surface area contributed by atoms with Gasteiger partial charge in [-0.3, -0.25) is 4.79 Å². The van der Waals surface area contributed by atoms with Crippen LogP contribution in [0.2, 0.25) is 5.02 Å². The van der Waals surface area contributed by atoms with Gasteiger partial charge in [-0.25, -0.2) is 4.39 Å². The summed E-state index contributed by atoms with van der Waals surface area (Å²) in [7, 11) is 0. The lowest BCUT2D eigenvalue weighted by Gasteiger charge is -1.98. The molecule has 2 aromatic carbocycles. The van der Waals surface area contributed by atoms with Crippen LogP contribution < -0.4 is 0 Å². The summed E-state index contributed by atoms with van der Waals surface area (Å²) in [5.74, 6) is -0.185. The molecule has 0 saturated heterocycles. The van der Waals surface area contributed by atoms with E-state index >= 15 is 0 Å². The van der Waals surface area contributed by atoms with Gasteiger partial charge in [0.15, 0.2) is 5.76 Å². The fourth-order valence-electron chi connectivity index (χ4n) is 2.03. The lowest BCUT2D eigenvalue weighted by atomic mass is 10.1. The third-order valence-corrected chi connectivity index (χ3v) is 3.27. The minimum absolute atomic E-state index is 0.149. The van der Waals surface area contributed by atoms with Gasteiger partial charge in [0.25, 0.3) is 0 Å². The third-order valence-electron chi connectivity index (χ3n) is 3.03. The van der Waals surface area contributed by atoms with Crippen molar-refractivity contribution in [1.82, 2.24) is 0 Å². The molecule has 0 aliphatic heterocycles. The standard InChI is InChI=1S/C16H10ClFO2/c17-12-3-6-15-11(8-12)9-16(20-15)14(19)7-10-1-4-13(18)5-2-10/h1-6,8-9H,7H2. The van der Waals surface area contributed by atoms with Crippen molar-refractivity contribution < 1.29 is 13.6 Å². The van der Waals surface area contributed by atoms with Crippen LogP contribution in [0, 0.1) is 5.82 Å². The van der Waals surface area contributed by atoms with Crippen LogP contribution in [0.15, 0.2) is 52.9 Å². The summed E-state index contributed by atoms with van der Waals surface area (Å²) in [6.07, 6.45) is 0.174. The average molecular weight is 289 g/mol. The molecular weight excluding hydrogens is 279 g/mol. The number of halogens is 2. The molecule has 2 nitrogen and oxygen atoms in total. The summed E-state index contributed by atoms with van der Waals surface area (Å²) in [5, 5.41) is 1.38. The van der Waals surface area contributed by atoms with Crippen molar-refractivity contribution in [2.75, 3.05) is 0 Å². The zero-order valence-electron chi connectivity index (χ0n) is 10.4. The fraction of sp³-hybridized carbons (Fsp3) is 0.0625. The molecule has 0 amide bonds. The topological polar surface area (TPSA) is 30.2 Å². The van der Waals surface area contributed by atoms with E-state index in [1.165, 1.54) is 12.1 Å². The van der Waals surface area contributed by atoms with E-state index in [4.69, 9.17) is 16.0 Å². The van der Waals surface area contributed by atoms with E-state index in [9.17, 15) is 9.18 Å². The van der Waals surface area contributed by atoms with E-state index in [2.05, 4.69) is 0 Å². The number of fused-ring (bicyclic) bond motifs is 1. The molecule has 20 heavy (non-hydrogen) atoms. The van der Waals surface area contributed by atoms with E-state index in [1.807, 2.05) is 0 Å². The maximum Gasteiger partial charge on any atom is 0.202 e. The molecule has 100 valence electrons. The number of carbonyl (C=O) groups is 1. The second-order valence-electron chi connectivity index (χ2n) is 4.52. The SMILES string of the molecule is O=C(Cc1ccc(F)cc1)c1cc2cc(Cl)ccc2o1. The van der Waals surface area contributed by atoms with Crippen LogP contribution in [0.5, 0.6) is 0 Å². The summed E-state index contributed by atoms with van der Waals surface area (Å²) in [6, 6.07) is 12.7. The maximum absolute atomic E-state index is 12.8. The Hall–Kier alpha value is -2.13. The van der Waals surface area contributed by atoms with Gasteiger partial charge in [0.1, 0.15) is 11.4 Å². The van der Waals surface area contributed by atoms with Crippen LogP contribution >= 0.6 is 11.6 Å². The summed E-state index contributed by atoms with van der Waals surface area (Å²) in [5.41, 5.74) is 1.37. The molecule has 0 fully saturated rings. The van der Waals surface area contributed by atoms with Crippen molar-refractivity contribution in [2.24, 2.45) is 0 Å². The van der Waals surface area contributed by atoms with Crippen molar-refractivity contribution in [3.05, 3.63) is 70.7 Å². The first-order chi connectivity index (χ1) is 9.61. The van der Waals surface area contributed by atoms with Gasteiger partial charge in [-0.15, -0.1) is 0 Å². The first kappa shape index (κ1) is 12.9. The predicted molar refractivity (Wildman–Crippen MR) is 75.7 cm³/mol. The second-order valence-corrected chi connectivity index (χ2v) is 4.96. The predicted octanol–water partition coefficient (Wildman–Crippen LogP) is 4.65. The van der Waals surface area contributed by atoms with Crippen molar-refractivity contribution >= 4 is 28.4 Å². The van der Waals surface area contributed by atoms with Crippen molar-refractivity contribution in [2.45, 2.75) is 6.42 Å². The summed E-state index contributed by atoms with van der Waals surface area (Å²) in [4.78, 5) is 12.1. The Bertz CT molecular complexity index is 775. The molecule has 0 unspecified atom stereocenters.